The molecule has 8 nitrogen and oxygen atoms in total. The maximum atomic E-state index is 13.7. The summed E-state index contributed by atoms with van der Waals surface area (Å²) >= 11 is 1.23. The van der Waals surface area contributed by atoms with E-state index in [0.717, 1.165) is 66.9 Å². The van der Waals surface area contributed by atoms with E-state index in [2.05, 4.69) is 43.7 Å². The first kappa shape index (κ1) is 27.5. The summed E-state index contributed by atoms with van der Waals surface area (Å²) in [7, 11) is 2.13. The van der Waals surface area contributed by atoms with Gasteiger partial charge in [0.25, 0.3) is 5.91 Å². The largest absolute Gasteiger partial charge is 0.381 e. The van der Waals surface area contributed by atoms with Crippen molar-refractivity contribution in [2.75, 3.05) is 62.0 Å². The number of aromatic amines is 1. The van der Waals surface area contributed by atoms with Crippen LogP contribution in [0.5, 0.6) is 0 Å². The zero-order chi connectivity index (χ0) is 28.3. The lowest BCUT2D eigenvalue weighted by Crippen LogP contribution is -2.44. The Morgan fingerprint density at radius 2 is 1.73 bits per heavy atom. The average molecular weight is 579 g/mol. The summed E-state index contributed by atoms with van der Waals surface area (Å²) in [4.78, 5) is 19.5. The molecule has 2 aliphatic rings. The molecule has 4 aromatic rings. The summed E-state index contributed by atoms with van der Waals surface area (Å²) in [5.74, 6) is -1.15. The molecule has 214 valence electrons. The molecule has 0 radical (unpaired) electrons. The monoisotopic (exact) mass is 578 g/mol. The minimum Gasteiger partial charge on any atom is -0.381 e. The summed E-state index contributed by atoms with van der Waals surface area (Å²) < 4.78 is 32.9. The maximum absolute atomic E-state index is 13.7. The van der Waals surface area contributed by atoms with Gasteiger partial charge in [-0.1, -0.05) is 11.8 Å². The highest BCUT2D eigenvalue weighted by Crippen LogP contribution is 2.33. The molecule has 0 aliphatic carbocycles. The Morgan fingerprint density at radius 1 is 0.976 bits per heavy atom. The molecule has 11 heteroatoms. The summed E-state index contributed by atoms with van der Waals surface area (Å²) in [6.07, 6.45) is 1.75. The van der Waals surface area contributed by atoms with Crippen LogP contribution in [0.2, 0.25) is 0 Å². The number of aromatic nitrogens is 2. The Kier molecular flexibility index (Phi) is 8.09. The molecule has 6 rings (SSSR count). The maximum Gasteiger partial charge on any atom is 0.258 e. The van der Waals surface area contributed by atoms with Crippen LogP contribution in [0.3, 0.4) is 0 Å². The van der Waals surface area contributed by atoms with Crippen molar-refractivity contribution in [3.05, 3.63) is 71.8 Å². The number of anilines is 3. The molecule has 0 atom stereocenters. The molecule has 0 saturated carbocycles. The summed E-state index contributed by atoms with van der Waals surface area (Å²) in [5, 5.41) is 14.6. The molecule has 3 N–H and O–H groups in total. The van der Waals surface area contributed by atoms with Gasteiger partial charge in [0.05, 0.1) is 11.1 Å². The number of rotatable bonds is 7. The average Bonchev–Trinajstić information content (AvgIpc) is 3.35. The van der Waals surface area contributed by atoms with Gasteiger partial charge in [0.15, 0.2) is 5.82 Å². The number of likely N-dealkylation sites (N-methyl/N-ethyl adjacent to an activating group) is 1. The molecule has 41 heavy (non-hydrogen) atoms. The van der Waals surface area contributed by atoms with Gasteiger partial charge in [-0.05, 0) is 68.4 Å². The minimum absolute atomic E-state index is 0.219. The van der Waals surface area contributed by atoms with Crippen LogP contribution in [0.15, 0.2) is 64.4 Å². The molecule has 2 fully saturated rings. The zero-order valence-corrected chi connectivity index (χ0v) is 23.6. The van der Waals surface area contributed by atoms with Crippen molar-refractivity contribution in [3.63, 3.8) is 0 Å². The highest BCUT2D eigenvalue weighted by Gasteiger charge is 2.22. The van der Waals surface area contributed by atoms with E-state index < -0.39 is 11.6 Å². The van der Waals surface area contributed by atoms with Gasteiger partial charge in [0, 0.05) is 78.1 Å². The molecule has 0 bridgehead atoms. The van der Waals surface area contributed by atoms with Gasteiger partial charge >= 0.3 is 0 Å². The standard InChI is InChI=1S/C30H32F2N6O2S/c1-37-8-10-38(11-9-37)22-2-4-25(28(17-22)33-21-6-12-40-13-7-21)30(39)34-29-26-18-23(3-5-27(26)35-36-29)41-24-15-19(31)14-20(32)16-24/h2-5,14-18,21,33H,6-13H2,1H3,(H2,34,35,36,39). The Hall–Kier alpha value is -3.67. The lowest BCUT2D eigenvalue weighted by atomic mass is 10.1. The molecule has 3 heterocycles. The van der Waals surface area contributed by atoms with Crippen LogP contribution in [-0.4, -0.2) is 73.5 Å². The predicted octanol–water partition coefficient (Wildman–Crippen LogP) is 5.59. The number of hydrogen-bond donors (Lipinski definition) is 3. The number of carbonyl (C=O) groups is 1. The second kappa shape index (κ2) is 12.1. The second-order valence-corrected chi connectivity index (χ2v) is 11.6. The predicted molar refractivity (Wildman–Crippen MR) is 158 cm³/mol. The fourth-order valence-electron chi connectivity index (χ4n) is 5.22. The first-order valence-electron chi connectivity index (χ1n) is 13.8. The summed E-state index contributed by atoms with van der Waals surface area (Å²) in [5.41, 5.74) is 3.15. The number of nitrogens with one attached hydrogen (secondary N) is 3. The molecule has 0 unspecified atom stereocenters. The quantitative estimate of drug-likeness (QED) is 0.264. The molecular weight excluding hydrogens is 546 g/mol. The topological polar surface area (TPSA) is 85.5 Å². The van der Waals surface area contributed by atoms with E-state index in [1.165, 1.54) is 23.9 Å². The lowest BCUT2D eigenvalue weighted by Gasteiger charge is -2.34. The second-order valence-electron chi connectivity index (χ2n) is 10.5. The number of halogens is 2. The molecule has 0 spiro atoms. The van der Waals surface area contributed by atoms with E-state index in [-0.39, 0.29) is 11.9 Å². The van der Waals surface area contributed by atoms with E-state index >= 15 is 0 Å². The van der Waals surface area contributed by atoms with E-state index in [1.54, 1.807) is 0 Å². The fourth-order valence-corrected chi connectivity index (χ4v) is 6.15. The number of piperazine rings is 1. The van der Waals surface area contributed by atoms with E-state index in [1.807, 2.05) is 30.3 Å². The highest BCUT2D eigenvalue weighted by atomic mass is 32.2. The van der Waals surface area contributed by atoms with Gasteiger partial charge in [-0.15, -0.1) is 0 Å². The molecule has 2 saturated heterocycles. The lowest BCUT2D eigenvalue weighted by molar-refractivity contribution is 0.0904. The van der Waals surface area contributed by atoms with Gasteiger partial charge in [-0.2, -0.15) is 5.10 Å². The summed E-state index contributed by atoms with van der Waals surface area (Å²) in [6.45, 7) is 5.23. The van der Waals surface area contributed by atoms with Gasteiger partial charge in [0.1, 0.15) is 11.6 Å². The van der Waals surface area contributed by atoms with Crippen LogP contribution in [-0.2, 0) is 4.74 Å². The van der Waals surface area contributed by atoms with Gasteiger partial charge in [-0.25, -0.2) is 8.78 Å². The van der Waals surface area contributed by atoms with Gasteiger partial charge in [0.2, 0.25) is 0 Å². The zero-order valence-electron chi connectivity index (χ0n) is 22.8. The van der Waals surface area contributed by atoms with Crippen LogP contribution in [0.4, 0.5) is 26.0 Å². The Bertz CT molecular complexity index is 1530. The van der Waals surface area contributed by atoms with Crippen molar-refractivity contribution < 1.29 is 18.3 Å². The van der Waals surface area contributed by atoms with E-state index in [4.69, 9.17) is 4.74 Å². The Labute approximate surface area is 241 Å². The SMILES string of the molecule is CN1CCN(c2ccc(C(=O)Nc3n[nH]c4ccc(Sc5cc(F)cc(F)c5)cc34)c(NC3CCOCC3)c2)CC1. The van der Waals surface area contributed by atoms with Crippen molar-refractivity contribution >= 4 is 45.8 Å². The fraction of sp³-hybridized carbons (Fsp3) is 0.333. The number of amides is 1. The van der Waals surface area contributed by atoms with Crippen molar-refractivity contribution in [2.24, 2.45) is 0 Å². The van der Waals surface area contributed by atoms with E-state index in [0.29, 0.717) is 34.9 Å². The van der Waals surface area contributed by atoms with Crippen LogP contribution in [0.25, 0.3) is 10.9 Å². The Morgan fingerprint density at radius 3 is 2.49 bits per heavy atom. The third-order valence-electron chi connectivity index (χ3n) is 7.54. The smallest absolute Gasteiger partial charge is 0.258 e. The van der Waals surface area contributed by atoms with Crippen molar-refractivity contribution in [1.82, 2.24) is 15.1 Å². The number of H-pyrrole nitrogens is 1. The number of nitrogens with zero attached hydrogens (tertiary/aromatic N) is 3. The first-order valence-corrected chi connectivity index (χ1v) is 14.6. The molecule has 2 aliphatic heterocycles. The molecule has 1 aromatic heterocycles. The molecular formula is C30H32F2N6O2S. The van der Waals surface area contributed by atoms with Crippen LogP contribution in [0.1, 0.15) is 23.2 Å². The van der Waals surface area contributed by atoms with Crippen molar-refractivity contribution in [3.8, 4) is 0 Å². The van der Waals surface area contributed by atoms with Crippen molar-refractivity contribution in [1.29, 1.82) is 0 Å². The Balaban J connectivity index is 1.25. The third-order valence-corrected chi connectivity index (χ3v) is 8.50. The summed E-state index contributed by atoms with van der Waals surface area (Å²) in [6, 6.07) is 15.1. The third kappa shape index (κ3) is 6.47. The van der Waals surface area contributed by atoms with Crippen LogP contribution >= 0.6 is 11.8 Å². The molecule has 3 aromatic carbocycles. The number of hydrogen-bond acceptors (Lipinski definition) is 7. The van der Waals surface area contributed by atoms with Crippen LogP contribution < -0.4 is 15.5 Å². The number of fused-ring (bicyclic) bond motifs is 1. The first-order chi connectivity index (χ1) is 19.9. The van der Waals surface area contributed by atoms with Crippen LogP contribution in [0, 0.1) is 11.6 Å². The van der Waals surface area contributed by atoms with E-state index in [9.17, 15) is 13.6 Å². The minimum atomic E-state index is -0.631. The number of carbonyl (C=O) groups excluding carboxylic acids is 1. The molecule has 1 amide bonds. The normalized spacial score (nSPS) is 16.7. The number of ether oxygens (including phenoxy) is 1. The number of benzene rings is 3. The van der Waals surface area contributed by atoms with Gasteiger partial charge < -0.3 is 25.2 Å². The van der Waals surface area contributed by atoms with Gasteiger partial charge in [-0.3, -0.25) is 9.89 Å². The highest BCUT2D eigenvalue weighted by molar-refractivity contribution is 7.99. The van der Waals surface area contributed by atoms with Crippen molar-refractivity contribution in [2.45, 2.75) is 28.7 Å².